The van der Waals surface area contributed by atoms with Gasteiger partial charge in [0, 0.05) is 10.7 Å². The first-order valence-corrected chi connectivity index (χ1v) is 7.53. The fraction of sp³-hybridized carbons (Fsp3) is 0. The van der Waals surface area contributed by atoms with Crippen LogP contribution in [-0.4, -0.2) is 20.9 Å². The molecule has 110 valence electrons. The third kappa shape index (κ3) is 2.72. The molecule has 2 N–H and O–H groups in total. The summed E-state index contributed by atoms with van der Waals surface area (Å²) in [6.07, 6.45) is 6.62. The van der Waals surface area contributed by atoms with Gasteiger partial charge in [0.2, 0.25) is 5.88 Å². The van der Waals surface area contributed by atoms with E-state index in [0.717, 1.165) is 4.47 Å². The highest BCUT2D eigenvalue weighted by atomic mass is 79.9. The van der Waals surface area contributed by atoms with Crippen LogP contribution in [0, 0.1) is 4.77 Å². The van der Waals surface area contributed by atoms with E-state index in [1.807, 2.05) is 12.1 Å². The normalized spacial score (nSPS) is 14.9. The number of hydrogen-bond acceptors (Lipinski definition) is 4. The summed E-state index contributed by atoms with van der Waals surface area (Å²) in [6, 6.07) is 7.21. The first-order valence-electron chi connectivity index (χ1n) is 6.33. The van der Waals surface area contributed by atoms with Crippen molar-refractivity contribution in [2.24, 2.45) is 4.99 Å². The second-order valence-electron chi connectivity index (χ2n) is 4.51. The van der Waals surface area contributed by atoms with Gasteiger partial charge in [0.05, 0.1) is 11.4 Å². The Kier molecular flexibility index (Phi) is 3.91. The largest absolute Gasteiger partial charge is 0.494 e. The van der Waals surface area contributed by atoms with Crippen molar-refractivity contribution in [3.05, 3.63) is 67.3 Å². The first kappa shape index (κ1) is 14.7. The molecule has 1 aliphatic heterocycles. The Morgan fingerprint density at radius 1 is 1.32 bits per heavy atom. The molecule has 1 aromatic carbocycles. The van der Waals surface area contributed by atoms with Crippen LogP contribution >= 0.6 is 28.1 Å². The fourth-order valence-corrected chi connectivity index (χ4v) is 2.59. The van der Waals surface area contributed by atoms with E-state index < -0.39 is 5.56 Å². The molecule has 2 aromatic rings. The molecule has 0 aliphatic carbocycles. The predicted octanol–water partition coefficient (Wildman–Crippen LogP) is 3.34. The van der Waals surface area contributed by atoms with Crippen LogP contribution < -0.4 is 5.56 Å². The SMILES string of the molecule is O=c1[nH]c(=S)n(-c2ccc(Br)cc2)c(O)c1/C=C1\C=CC=N1. The smallest absolute Gasteiger partial charge is 0.262 e. The standard InChI is InChI=1S/C15H10BrN3O2S/c16-9-3-5-11(6-4-9)19-14(21)12(13(20)18-15(19)22)8-10-2-1-7-17-10/h1-8,21H,(H,18,20,22)/b10-8+. The molecule has 0 amide bonds. The van der Waals surface area contributed by atoms with Crippen molar-refractivity contribution >= 4 is 40.4 Å². The van der Waals surface area contributed by atoms with Crippen LogP contribution in [0.1, 0.15) is 5.56 Å². The lowest BCUT2D eigenvalue weighted by Gasteiger charge is -2.11. The van der Waals surface area contributed by atoms with E-state index in [4.69, 9.17) is 12.2 Å². The van der Waals surface area contributed by atoms with E-state index >= 15 is 0 Å². The summed E-state index contributed by atoms with van der Waals surface area (Å²) in [4.78, 5) is 18.7. The number of aliphatic imine (C=N–C) groups is 1. The lowest BCUT2D eigenvalue weighted by molar-refractivity contribution is 0.432. The molecule has 0 saturated heterocycles. The Morgan fingerprint density at radius 2 is 2.05 bits per heavy atom. The first-order chi connectivity index (χ1) is 10.6. The molecule has 7 heteroatoms. The minimum Gasteiger partial charge on any atom is -0.494 e. The number of H-pyrrole nitrogens is 1. The van der Waals surface area contributed by atoms with Crippen molar-refractivity contribution in [2.75, 3.05) is 0 Å². The molecule has 2 heterocycles. The van der Waals surface area contributed by atoms with Gasteiger partial charge in [-0.05, 0) is 54.7 Å². The number of benzene rings is 1. The molecular formula is C15H10BrN3O2S. The summed E-state index contributed by atoms with van der Waals surface area (Å²) in [5.41, 5.74) is 0.876. The molecular weight excluding hydrogens is 366 g/mol. The van der Waals surface area contributed by atoms with Crippen LogP contribution in [0.15, 0.2) is 56.4 Å². The highest BCUT2D eigenvalue weighted by molar-refractivity contribution is 9.10. The highest BCUT2D eigenvalue weighted by Crippen LogP contribution is 2.23. The number of aromatic hydroxyl groups is 1. The topological polar surface area (TPSA) is 70.4 Å². The van der Waals surface area contributed by atoms with Gasteiger partial charge >= 0.3 is 0 Å². The second kappa shape index (κ2) is 5.86. The van der Waals surface area contributed by atoms with E-state index in [0.29, 0.717) is 11.4 Å². The quantitative estimate of drug-likeness (QED) is 0.790. The lowest BCUT2D eigenvalue weighted by Crippen LogP contribution is -2.16. The summed E-state index contributed by atoms with van der Waals surface area (Å²) in [5.74, 6) is -0.223. The van der Waals surface area contributed by atoms with Crippen molar-refractivity contribution in [3.63, 3.8) is 0 Å². The molecule has 0 saturated carbocycles. The van der Waals surface area contributed by atoms with E-state index in [1.54, 1.807) is 30.5 Å². The van der Waals surface area contributed by atoms with Crippen LogP contribution in [-0.2, 0) is 0 Å². The minimum atomic E-state index is -0.459. The number of aromatic amines is 1. The van der Waals surface area contributed by atoms with Crippen molar-refractivity contribution < 1.29 is 5.11 Å². The van der Waals surface area contributed by atoms with Crippen LogP contribution in [0.2, 0.25) is 0 Å². The number of rotatable bonds is 2. The Morgan fingerprint density at radius 3 is 2.68 bits per heavy atom. The monoisotopic (exact) mass is 375 g/mol. The third-order valence-electron chi connectivity index (χ3n) is 3.07. The summed E-state index contributed by atoms with van der Waals surface area (Å²) in [5, 5.41) is 10.5. The van der Waals surface area contributed by atoms with Gasteiger partial charge in [-0.3, -0.25) is 19.3 Å². The van der Waals surface area contributed by atoms with Gasteiger partial charge in [0.25, 0.3) is 5.56 Å². The van der Waals surface area contributed by atoms with Gasteiger partial charge in [0.15, 0.2) is 4.77 Å². The summed E-state index contributed by atoms with van der Waals surface area (Å²) in [7, 11) is 0. The summed E-state index contributed by atoms with van der Waals surface area (Å²) in [6.45, 7) is 0. The average molecular weight is 376 g/mol. The van der Waals surface area contributed by atoms with Crippen molar-refractivity contribution in [1.29, 1.82) is 0 Å². The Labute approximate surface area is 139 Å². The van der Waals surface area contributed by atoms with Crippen LogP contribution in [0.5, 0.6) is 5.88 Å². The molecule has 0 spiro atoms. The number of halogens is 1. The molecule has 1 aliphatic rings. The maximum atomic E-state index is 12.1. The number of allylic oxidation sites excluding steroid dienone is 2. The van der Waals surface area contributed by atoms with Crippen molar-refractivity contribution in [2.45, 2.75) is 0 Å². The third-order valence-corrected chi connectivity index (χ3v) is 3.89. The van der Waals surface area contributed by atoms with E-state index in [9.17, 15) is 9.90 Å². The summed E-state index contributed by atoms with van der Waals surface area (Å²) < 4.78 is 2.43. The van der Waals surface area contributed by atoms with Gasteiger partial charge in [-0.25, -0.2) is 0 Å². The molecule has 0 radical (unpaired) electrons. The summed E-state index contributed by atoms with van der Waals surface area (Å²) >= 11 is 8.51. The molecule has 5 nitrogen and oxygen atoms in total. The molecule has 0 unspecified atom stereocenters. The highest BCUT2D eigenvalue weighted by Gasteiger charge is 2.13. The van der Waals surface area contributed by atoms with E-state index in [1.165, 1.54) is 10.6 Å². The van der Waals surface area contributed by atoms with Crippen molar-refractivity contribution in [3.8, 4) is 11.6 Å². The molecule has 0 fully saturated rings. The van der Waals surface area contributed by atoms with E-state index in [-0.39, 0.29) is 16.2 Å². The number of nitrogens with zero attached hydrogens (tertiary/aromatic N) is 2. The number of hydrogen-bond donors (Lipinski definition) is 2. The van der Waals surface area contributed by atoms with Gasteiger partial charge in [-0.1, -0.05) is 15.9 Å². The minimum absolute atomic E-state index is 0.107. The van der Waals surface area contributed by atoms with E-state index in [2.05, 4.69) is 25.9 Å². The van der Waals surface area contributed by atoms with Gasteiger partial charge in [-0.15, -0.1) is 0 Å². The second-order valence-corrected chi connectivity index (χ2v) is 5.82. The predicted molar refractivity (Wildman–Crippen MR) is 92.2 cm³/mol. The maximum Gasteiger partial charge on any atom is 0.262 e. The fourth-order valence-electron chi connectivity index (χ4n) is 2.05. The zero-order valence-electron chi connectivity index (χ0n) is 11.2. The van der Waals surface area contributed by atoms with Crippen LogP contribution in [0.25, 0.3) is 11.8 Å². The van der Waals surface area contributed by atoms with Crippen LogP contribution in [0.4, 0.5) is 0 Å². The average Bonchev–Trinajstić information content (AvgIpc) is 2.98. The van der Waals surface area contributed by atoms with Crippen LogP contribution in [0.3, 0.4) is 0 Å². The molecule has 0 bridgehead atoms. The Balaban J connectivity index is 2.24. The Hall–Kier alpha value is -2.25. The molecule has 0 atom stereocenters. The Bertz CT molecular complexity index is 923. The van der Waals surface area contributed by atoms with Gasteiger partial charge in [-0.2, -0.15) is 0 Å². The maximum absolute atomic E-state index is 12.1. The van der Waals surface area contributed by atoms with Gasteiger partial charge < -0.3 is 5.11 Å². The molecule has 1 aromatic heterocycles. The zero-order chi connectivity index (χ0) is 15.7. The zero-order valence-corrected chi connectivity index (χ0v) is 13.6. The molecule has 3 rings (SSSR count). The van der Waals surface area contributed by atoms with Crippen molar-refractivity contribution in [1.82, 2.24) is 9.55 Å². The lowest BCUT2D eigenvalue weighted by atomic mass is 10.2. The number of nitrogens with one attached hydrogen (secondary N) is 1. The molecule has 22 heavy (non-hydrogen) atoms. The van der Waals surface area contributed by atoms with Gasteiger partial charge in [0.1, 0.15) is 5.56 Å². The number of aromatic nitrogens is 2.